The van der Waals surface area contributed by atoms with E-state index in [1.165, 1.54) is 6.08 Å². The Morgan fingerprint density at radius 1 is 1.05 bits per heavy atom. The number of rotatable bonds is 8. The second-order valence-electron chi connectivity index (χ2n) is 8.74. The average Bonchev–Trinajstić information content (AvgIpc) is 3.48. The number of benzene rings is 2. The Morgan fingerprint density at radius 2 is 1.86 bits per heavy atom. The van der Waals surface area contributed by atoms with Crippen molar-refractivity contribution in [2.45, 2.75) is 18.9 Å². The van der Waals surface area contributed by atoms with Gasteiger partial charge in [0.05, 0.1) is 31.7 Å². The van der Waals surface area contributed by atoms with Crippen molar-refractivity contribution in [2.75, 3.05) is 32.6 Å². The van der Waals surface area contributed by atoms with Gasteiger partial charge in [0.25, 0.3) is 0 Å². The first-order valence-corrected chi connectivity index (χ1v) is 12.1. The molecule has 8 nitrogen and oxygen atoms in total. The van der Waals surface area contributed by atoms with Gasteiger partial charge >= 0.3 is 0 Å². The number of carbonyl (C=O) groups is 1. The van der Waals surface area contributed by atoms with Gasteiger partial charge in [-0.15, -0.1) is 0 Å². The Hall–Kier alpha value is -4.46. The van der Waals surface area contributed by atoms with Crippen molar-refractivity contribution in [3.05, 3.63) is 73.6 Å². The molecule has 3 heterocycles. The van der Waals surface area contributed by atoms with E-state index in [1.54, 1.807) is 31.6 Å². The highest BCUT2D eigenvalue weighted by Gasteiger charge is 2.24. The summed E-state index contributed by atoms with van der Waals surface area (Å²) in [4.78, 5) is 18.3. The zero-order valence-electron chi connectivity index (χ0n) is 20.9. The number of pyridine rings is 1. The molecule has 1 aliphatic heterocycles. The fourth-order valence-corrected chi connectivity index (χ4v) is 4.56. The molecule has 0 spiro atoms. The monoisotopic (exact) mass is 499 g/mol. The van der Waals surface area contributed by atoms with Crippen LogP contribution >= 0.6 is 0 Å². The predicted molar refractivity (Wildman–Crippen MR) is 143 cm³/mol. The van der Waals surface area contributed by atoms with Crippen LogP contribution in [0, 0.1) is 0 Å². The van der Waals surface area contributed by atoms with E-state index in [0.717, 1.165) is 46.4 Å². The Labute approximate surface area is 215 Å². The largest absolute Gasteiger partial charge is 0.495 e. The molecule has 2 aromatic heterocycles. The van der Waals surface area contributed by atoms with Gasteiger partial charge in [0.1, 0.15) is 17.6 Å². The molecule has 1 N–H and O–H groups in total. The minimum Gasteiger partial charge on any atom is -0.495 e. The zero-order valence-corrected chi connectivity index (χ0v) is 20.9. The maximum atomic E-state index is 11.9. The van der Waals surface area contributed by atoms with Gasteiger partial charge in [-0.05, 0) is 48.5 Å². The van der Waals surface area contributed by atoms with Crippen molar-refractivity contribution in [3.63, 3.8) is 0 Å². The van der Waals surface area contributed by atoms with Gasteiger partial charge in [-0.3, -0.25) is 9.78 Å². The van der Waals surface area contributed by atoms with Crippen LogP contribution in [0.3, 0.4) is 0 Å². The number of amides is 1. The minimum absolute atomic E-state index is 0.0293. The van der Waals surface area contributed by atoms with Crippen molar-refractivity contribution in [1.82, 2.24) is 9.88 Å². The molecule has 1 amide bonds. The SMILES string of the molecule is C=CC(=O)N1CCC(Oc2cc3c(Nc4cc(-c5ccco5)ccc4OC)ccnc3cc2OC)CC1. The topological polar surface area (TPSA) is 86.1 Å². The normalized spacial score (nSPS) is 13.8. The molecule has 0 saturated carbocycles. The maximum Gasteiger partial charge on any atom is 0.245 e. The van der Waals surface area contributed by atoms with Gasteiger partial charge in [0, 0.05) is 54.8 Å². The number of nitrogens with zero attached hydrogens (tertiary/aromatic N) is 2. The lowest BCUT2D eigenvalue weighted by Crippen LogP contribution is -2.41. The van der Waals surface area contributed by atoms with Gasteiger partial charge in [-0.25, -0.2) is 0 Å². The van der Waals surface area contributed by atoms with Gasteiger partial charge in [-0.2, -0.15) is 0 Å². The van der Waals surface area contributed by atoms with Gasteiger partial charge in [0.2, 0.25) is 5.91 Å². The molecule has 37 heavy (non-hydrogen) atoms. The Balaban J connectivity index is 1.45. The van der Waals surface area contributed by atoms with E-state index in [4.69, 9.17) is 18.6 Å². The standard InChI is InChI=1S/C29H29N3O5/c1-4-29(33)32-13-10-20(11-14-32)37-28-17-21-22(9-12-30-23(21)18-27(28)35-3)31-24-16-19(7-8-26(24)34-2)25-6-5-15-36-25/h4-9,12,15-18,20H,1,10-11,13-14H2,2-3H3,(H,30,31). The van der Waals surface area contributed by atoms with Gasteiger partial charge < -0.3 is 28.8 Å². The Morgan fingerprint density at radius 3 is 2.57 bits per heavy atom. The third-order valence-corrected chi connectivity index (χ3v) is 6.52. The van der Waals surface area contributed by atoms with Crippen LogP contribution in [0.15, 0.2) is 78.1 Å². The van der Waals surface area contributed by atoms with Crippen molar-refractivity contribution in [3.8, 4) is 28.6 Å². The smallest absolute Gasteiger partial charge is 0.245 e. The number of piperidine rings is 1. The van der Waals surface area contributed by atoms with Crippen molar-refractivity contribution in [1.29, 1.82) is 0 Å². The van der Waals surface area contributed by atoms with Crippen LogP contribution in [0.5, 0.6) is 17.2 Å². The molecule has 0 atom stereocenters. The van der Waals surface area contributed by atoms with E-state index >= 15 is 0 Å². The first-order valence-electron chi connectivity index (χ1n) is 12.1. The summed E-state index contributed by atoms with van der Waals surface area (Å²) in [5.74, 6) is 2.67. The number of fused-ring (bicyclic) bond motifs is 1. The molecule has 0 bridgehead atoms. The molecule has 190 valence electrons. The molecule has 8 heteroatoms. The van der Waals surface area contributed by atoms with Crippen LogP contribution in [0.1, 0.15) is 12.8 Å². The first kappa shape index (κ1) is 24.2. The fraction of sp³-hybridized carbons (Fsp3) is 0.241. The molecule has 0 unspecified atom stereocenters. The Bertz CT molecular complexity index is 1410. The summed E-state index contributed by atoms with van der Waals surface area (Å²) in [6.45, 7) is 4.84. The fourth-order valence-electron chi connectivity index (χ4n) is 4.56. The first-order chi connectivity index (χ1) is 18.1. The molecular formula is C29H29N3O5. The lowest BCUT2D eigenvalue weighted by molar-refractivity contribution is -0.127. The van der Waals surface area contributed by atoms with Crippen molar-refractivity contribution in [2.24, 2.45) is 0 Å². The third-order valence-electron chi connectivity index (χ3n) is 6.52. The number of anilines is 2. The average molecular weight is 500 g/mol. The number of furan rings is 1. The van der Waals surface area contributed by atoms with Crippen LogP contribution < -0.4 is 19.5 Å². The summed E-state index contributed by atoms with van der Waals surface area (Å²) in [5.41, 5.74) is 3.33. The van der Waals surface area contributed by atoms with E-state index in [9.17, 15) is 4.79 Å². The number of aromatic nitrogens is 1. The second kappa shape index (κ2) is 10.7. The highest BCUT2D eigenvalue weighted by Crippen LogP contribution is 2.39. The number of likely N-dealkylation sites (tertiary alicyclic amines) is 1. The molecule has 2 aromatic carbocycles. The number of ether oxygens (including phenoxy) is 3. The number of nitrogens with one attached hydrogen (secondary N) is 1. The van der Waals surface area contributed by atoms with Crippen LogP contribution in [-0.4, -0.2) is 49.2 Å². The number of carbonyl (C=O) groups excluding carboxylic acids is 1. The summed E-state index contributed by atoms with van der Waals surface area (Å²) in [6.07, 6.45) is 6.19. The van der Waals surface area contributed by atoms with E-state index in [1.807, 2.05) is 48.5 Å². The van der Waals surface area contributed by atoms with E-state index in [-0.39, 0.29) is 12.0 Å². The highest BCUT2D eigenvalue weighted by atomic mass is 16.5. The van der Waals surface area contributed by atoms with Crippen LogP contribution in [-0.2, 0) is 4.79 Å². The lowest BCUT2D eigenvalue weighted by Gasteiger charge is -2.31. The summed E-state index contributed by atoms with van der Waals surface area (Å²) in [5, 5.41) is 4.38. The summed E-state index contributed by atoms with van der Waals surface area (Å²) < 4.78 is 23.2. The lowest BCUT2D eigenvalue weighted by atomic mass is 10.1. The quantitative estimate of drug-likeness (QED) is 0.306. The Kier molecular flexibility index (Phi) is 6.98. The molecule has 1 aliphatic rings. The van der Waals surface area contributed by atoms with E-state index < -0.39 is 0 Å². The molecule has 1 fully saturated rings. The summed E-state index contributed by atoms with van der Waals surface area (Å²) >= 11 is 0. The van der Waals surface area contributed by atoms with Gasteiger partial charge in [-0.1, -0.05) is 6.58 Å². The van der Waals surface area contributed by atoms with Crippen molar-refractivity contribution >= 4 is 28.2 Å². The highest BCUT2D eigenvalue weighted by molar-refractivity contribution is 5.95. The van der Waals surface area contributed by atoms with Crippen molar-refractivity contribution < 1.29 is 23.4 Å². The third kappa shape index (κ3) is 5.09. The van der Waals surface area contributed by atoms with E-state index in [2.05, 4.69) is 16.9 Å². The molecular weight excluding hydrogens is 470 g/mol. The van der Waals surface area contributed by atoms with Crippen LogP contribution in [0.4, 0.5) is 11.4 Å². The molecule has 5 rings (SSSR count). The zero-order chi connectivity index (χ0) is 25.8. The van der Waals surface area contributed by atoms with E-state index in [0.29, 0.717) is 30.3 Å². The maximum absolute atomic E-state index is 11.9. The van der Waals surface area contributed by atoms with Crippen LogP contribution in [0.25, 0.3) is 22.2 Å². The number of hydrogen-bond donors (Lipinski definition) is 1. The van der Waals surface area contributed by atoms with Crippen LogP contribution in [0.2, 0.25) is 0 Å². The summed E-state index contributed by atoms with van der Waals surface area (Å²) in [6, 6.07) is 15.4. The number of hydrogen-bond acceptors (Lipinski definition) is 7. The van der Waals surface area contributed by atoms with Gasteiger partial charge in [0.15, 0.2) is 11.5 Å². The molecule has 0 aliphatic carbocycles. The predicted octanol–water partition coefficient (Wildman–Crippen LogP) is 5.81. The molecule has 0 radical (unpaired) electrons. The molecule has 4 aromatic rings. The minimum atomic E-state index is -0.0462. The summed E-state index contributed by atoms with van der Waals surface area (Å²) in [7, 11) is 3.26. The second-order valence-corrected chi connectivity index (χ2v) is 8.74. The number of methoxy groups -OCH3 is 2. The molecule has 1 saturated heterocycles.